The van der Waals surface area contributed by atoms with Crippen molar-refractivity contribution >= 4 is 29.4 Å². The lowest BCUT2D eigenvalue weighted by molar-refractivity contribution is 0.772. The minimum Gasteiger partial charge on any atom is -0.372 e. The lowest BCUT2D eigenvalue weighted by Gasteiger charge is -2.17. The van der Waals surface area contributed by atoms with Gasteiger partial charge in [-0.2, -0.15) is 5.10 Å². The highest BCUT2D eigenvalue weighted by molar-refractivity contribution is 7.15. The largest absolute Gasteiger partial charge is 0.372 e. The Morgan fingerprint density at radius 2 is 1.83 bits per heavy atom. The van der Waals surface area contributed by atoms with E-state index in [0.717, 1.165) is 4.88 Å². The highest BCUT2D eigenvalue weighted by atomic mass is 35.5. The molecule has 0 amide bonds. The number of nitrogens with one attached hydrogen (secondary N) is 1. The molecule has 1 aromatic carbocycles. The zero-order valence-electron chi connectivity index (χ0n) is 13.1. The molecule has 1 saturated heterocycles. The van der Waals surface area contributed by atoms with E-state index in [0.29, 0.717) is 6.54 Å². The predicted octanol–water partition coefficient (Wildman–Crippen LogP) is 3.37. The Hall–Kier alpha value is -2.05. The minimum absolute atomic E-state index is 0. The summed E-state index contributed by atoms with van der Waals surface area (Å²) in [4.78, 5) is 16.3. The Labute approximate surface area is 150 Å². The van der Waals surface area contributed by atoms with Crippen molar-refractivity contribution in [3.8, 4) is 10.4 Å². The first-order chi connectivity index (χ1) is 11.3. The fourth-order valence-corrected chi connectivity index (χ4v) is 3.99. The summed E-state index contributed by atoms with van der Waals surface area (Å²) in [5.41, 5.74) is 2.37. The molecule has 0 saturated carbocycles. The van der Waals surface area contributed by atoms with Crippen LogP contribution in [0.15, 0.2) is 47.5 Å². The molecule has 7 heteroatoms. The van der Waals surface area contributed by atoms with E-state index in [1.54, 1.807) is 15.9 Å². The van der Waals surface area contributed by atoms with E-state index in [-0.39, 0.29) is 18.1 Å². The number of rotatable bonds is 4. The average molecular weight is 363 g/mol. The standard InChI is InChI=1S/C17H18N4OS.ClH/c22-17-19-18-12-21(17)11-15-7-8-16(23-15)13-3-5-14(6-4-13)20-9-1-2-10-20;/h3-8,12H,1-2,9-11H2,(H,19,22);1H. The van der Waals surface area contributed by atoms with Gasteiger partial charge in [-0.05, 0) is 42.7 Å². The molecule has 1 fully saturated rings. The van der Waals surface area contributed by atoms with Gasteiger partial charge in [-0.1, -0.05) is 12.1 Å². The van der Waals surface area contributed by atoms with Gasteiger partial charge < -0.3 is 4.90 Å². The van der Waals surface area contributed by atoms with E-state index in [1.165, 1.54) is 48.4 Å². The molecule has 1 aliphatic rings. The zero-order chi connectivity index (χ0) is 15.6. The van der Waals surface area contributed by atoms with Gasteiger partial charge in [-0.3, -0.25) is 4.57 Å². The van der Waals surface area contributed by atoms with Crippen molar-refractivity contribution in [3.05, 3.63) is 58.1 Å². The predicted molar refractivity (Wildman–Crippen MR) is 100 cm³/mol. The van der Waals surface area contributed by atoms with E-state index >= 15 is 0 Å². The first-order valence-corrected chi connectivity index (χ1v) is 8.65. The van der Waals surface area contributed by atoms with Gasteiger partial charge in [0.05, 0.1) is 6.54 Å². The third kappa shape index (κ3) is 3.39. The molecule has 24 heavy (non-hydrogen) atoms. The van der Waals surface area contributed by atoms with Crippen LogP contribution in [0.2, 0.25) is 0 Å². The summed E-state index contributed by atoms with van der Waals surface area (Å²) in [7, 11) is 0. The monoisotopic (exact) mass is 362 g/mol. The molecule has 0 atom stereocenters. The van der Waals surface area contributed by atoms with Gasteiger partial charge in [-0.25, -0.2) is 9.89 Å². The number of nitrogens with zero attached hydrogens (tertiary/aromatic N) is 3. The van der Waals surface area contributed by atoms with Crippen LogP contribution < -0.4 is 10.6 Å². The van der Waals surface area contributed by atoms with Crippen molar-refractivity contribution in [1.29, 1.82) is 0 Å². The first-order valence-electron chi connectivity index (χ1n) is 7.83. The van der Waals surface area contributed by atoms with Crippen LogP contribution in [0.4, 0.5) is 5.69 Å². The quantitative estimate of drug-likeness (QED) is 0.774. The number of aromatic nitrogens is 3. The Bertz CT molecular complexity index is 846. The summed E-state index contributed by atoms with van der Waals surface area (Å²) in [5, 5.41) is 6.17. The molecular weight excluding hydrogens is 344 g/mol. The summed E-state index contributed by atoms with van der Waals surface area (Å²) >= 11 is 1.72. The van der Waals surface area contributed by atoms with Crippen LogP contribution in [-0.4, -0.2) is 27.9 Å². The molecule has 2 aromatic heterocycles. The third-order valence-electron chi connectivity index (χ3n) is 4.23. The lowest BCUT2D eigenvalue weighted by Crippen LogP contribution is -2.17. The van der Waals surface area contributed by atoms with Crippen LogP contribution in [0.5, 0.6) is 0 Å². The van der Waals surface area contributed by atoms with E-state index in [4.69, 9.17) is 0 Å². The van der Waals surface area contributed by atoms with E-state index in [1.807, 2.05) is 0 Å². The number of halogens is 1. The number of anilines is 1. The summed E-state index contributed by atoms with van der Waals surface area (Å²) in [6.07, 6.45) is 4.12. The van der Waals surface area contributed by atoms with Gasteiger partial charge in [0.1, 0.15) is 6.33 Å². The number of hydrogen-bond acceptors (Lipinski definition) is 4. The highest BCUT2D eigenvalue weighted by Gasteiger charge is 2.12. The Morgan fingerprint density at radius 1 is 1.08 bits per heavy atom. The van der Waals surface area contributed by atoms with E-state index in [2.05, 4.69) is 51.5 Å². The fraction of sp³-hybridized carbons (Fsp3) is 0.294. The maximum atomic E-state index is 11.5. The van der Waals surface area contributed by atoms with Crippen LogP contribution in [0.1, 0.15) is 17.7 Å². The second-order valence-corrected chi connectivity index (χ2v) is 6.96. The normalized spacial score (nSPS) is 13.9. The molecular formula is C17H19ClN4OS. The van der Waals surface area contributed by atoms with Gasteiger partial charge in [0.15, 0.2) is 0 Å². The Balaban J connectivity index is 0.00000169. The highest BCUT2D eigenvalue weighted by Crippen LogP contribution is 2.30. The van der Waals surface area contributed by atoms with Crippen LogP contribution in [0, 0.1) is 0 Å². The molecule has 0 spiro atoms. The summed E-state index contributed by atoms with van der Waals surface area (Å²) in [6.45, 7) is 2.90. The molecule has 5 nitrogen and oxygen atoms in total. The second kappa shape index (κ2) is 7.23. The summed E-state index contributed by atoms with van der Waals surface area (Å²) in [5.74, 6) is 0. The molecule has 0 bridgehead atoms. The maximum Gasteiger partial charge on any atom is 0.343 e. The maximum absolute atomic E-state index is 11.5. The van der Waals surface area contributed by atoms with Crippen molar-refractivity contribution in [2.75, 3.05) is 18.0 Å². The number of H-pyrrole nitrogens is 1. The van der Waals surface area contributed by atoms with E-state index < -0.39 is 0 Å². The minimum atomic E-state index is -0.171. The number of benzene rings is 1. The van der Waals surface area contributed by atoms with Crippen molar-refractivity contribution < 1.29 is 0 Å². The molecule has 126 valence electrons. The van der Waals surface area contributed by atoms with Gasteiger partial charge >= 0.3 is 5.69 Å². The third-order valence-corrected chi connectivity index (χ3v) is 5.35. The van der Waals surface area contributed by atoms with Gasteiger partial charge in [-0.15, -0.1) is 23.7 Å². The molecule has 3 aromatic rings. The van der Waals surface area contributed by atoms with Crippen LogP contribution in [0.3, 0.4) is 0 Å². The Morgan fingerprint density at radius 3 is 2.50 bits per heavy atom. The zero-order valence-corrected chi connectivity index (χ0v) is 14.8. The number of thiophene rings is 1. The van der Waals surface area contributed by atoms with Crippen LogP contribution >= 0.6 is 23.7 Å². The average Bonchev–Trinajstić information content (AvgIpc) is 3.31. The van der Waals surface area contributed by atoms with Crippen molar-refractivity contribution in [1.82, 2.24) is 14.8 Å². The SMILES string of the molecule is Cl.O=c1[nH]ncn1Cc1ccc(-c2ccc(N3CCCC3)cc2)s1. The molecule has 0 radical (unpaired) electrons. The fourth-order valence-electron chi connectivity index (χ4n) is 2.98. The first kappa shape index (κ1) is 16.8. The van der Waals surface area contributed by atoms with Crippen molar-refractivity contribution in [3.63, 3.8) is 0 Å². The molecule has 1 N–H and O–H groups in total. The molecule has 4 rings (SSSR count). The van der Waals surface area contributed by atoms with Gasteiger partial charge in [0.2, 0.25) is 0 Å². The van der Waals surface area contributed by atoms with Gasteiger partial charge in [0.25, 0.3) is 0 Å². The summed E-state index contributed by atoms with van der Waals surface area (Å²) < 4.78 is 1.58. The topological polar surface area (TPSA) is 53.9 Å². The smallest absolute Gasteiger partial charge is 0.343 e. The van der Waals surface area contributed by atoms with Gasteiger partial charge in [0, 0.05) is 28.5 Å². The second-order valence-electron chi connectivity index (χ2n) is 5.80. The molecule has 0 aliphatic carbocycles. The van der Waals surface area contributed by atoms with Crippen LogP contribution in [-0.2, 0) is 6.54 Å². The molecule has 1 aliphatic heterocycles. The number of aromatic amines is 1. The van der Waals surface area contributed by atoms with Crippen LogP contribution in [0.25, 0.3) is 10.4 Å². The Kier molecular flexibility index (Phi) is 5.06. The molecule has 0 unspecified atom stereocenters. The van der Waals surface area contributed by atoms with Crippen molar-refractivity contribution in [2.45, 2.75) is 19.4 Å². The van der Waals surface area contributed by atoms with Crippen molar-refractivity contribution in [2.24, 2.45) is 0 Å². The molecule has 3 heterocycles. The lowest BCUT2D eigenvalue weighted by atomic mass is 10.1. The van der Waals surface area contributed by atoms with E-state index in [9.17, 15) is 4.79 Å². The number of hydrogen-bond donors (Lipinski definition) is 1. The summed E-state index contributed by atoms with van der Waals surface area (Å²) in [6, 6.07) is 13.0.